The van der Waals surface area contributed by atoms with Crippen molar-refractivity contribution in [2.24, 2.45) is 0 Å². The minimum absolute atomic E-state index is 0.0105. The van der Waals surface area contributed by atoms with Gasteiger partial charge in [-0.1, -0.05) is 71.2 Å². The summed E-state index contributed by atoms with van der Waals surface area (Å²) in [5.74, 6) is -1.20. The number of fused-ring (bicyclic) bond motifs is 4. The number of hydrogen-bond acceptors (Lipinski definition) is 15. The Kier molecular flexibility index (Phi) is 36.0. The molecule has 103 heavy (non-hydrogen) atoms. The number of ketones is 3. The number of thiophene rings is 7. The zero-order chi connectivity index (χ0) is 74.9. The summed E-state index contributed by atoms with van der Waals surface area (Å²) in [5, 5.41) is 24.4. The van der Waals surface area contributed by atoms with Gasteiger partial charge in [-0.2, -0.15) is 0 Å². The first-order valence-corrected chi connectivity index (χ1v) is 42.8. The number of nitrogens with two attached hydrogens (primary N) is 1. The second-order valence-electron chi connectivity index (χ2n) is 23.1. The molecular formula is C75H71Cl10N3O8S7. The number of halogens is 10. The van der Waals surface area contributed by atoms with Crippen LogP contribution in [-0.2, 0) is 51.4 Å². The van der Waals surface area contributed by atoms with E-state index in [1.165, 1.54) is 159 Å². The van der Waals surface area contributed by atoms with Gasteiger partial charge in [0.2, 0.25) is 0 Å². The number of Topliss-reactive ketones (excluding diaryl/α,β-unsaturated/α-hetero) is 3. The predicted octanol–water partition coefficient (Wildman–Crippen LogP) is 26.4. The molecule has 0 unspecified atom stereocenters. The molecule has 4 aliphatic carbocycles. The molecule has 2 amide bonds. The third-order valence-electron chi connectivity index (χ3n) is 16.2. The molecular weight excluding hydrogens is 1650 g/mol. The second kappa shape index (κ2) is 43.4. The Bertz CT molecular complexity index is 4180. The normalized spacial score (nSPS) is 12.7. The Morgan fingerprint density at radius 3 is 0.951 bits per heavy atom. The Morgan fingerprint density at radius 1 is 0.398 bits per heavy atom. The first kappa shape index (κ1) is 85.6. The zero-order valence-corrected chi connectivity index (χ0v) is 69.2. The number of aryl methyl sites for hydroxylation is 8. The molecule has 0 bridgehead atoms. The van der Waals surface area contributed by atoms with Crippen molar-refractivity contribution in [1.82, 2.24) is 0 Å². The van der Waals surface area contributed by atoms with Gasteiger partial charge in [-0.05, 0) is 235 Å². The molecule has 0 fully saturated rings. The number of benzene rings is 3. The quantitative estimate of drug-likeness (QED) is 0.0524. The summed E-state index contributed by atoms with van der Waals surface area (Å²) in [4.78, 5) is 91.1. The van der Waals surface area contributed by atoms with Gasteiger partial charge in [-0.25, -0.2) is 4.79 Å². The van der Waals surface area contributed by atoms with E-state index >= 15 is 0 Å². The first-order chi connectivity index (χ1) is 49.4. The standard InChI is InChI=1S/2C21H18ClNO2S2.C12H10ClNOS.C9H9ClOS.C9H10O2S.3CH2Cl2/c2*1-12(24)19-16(13-6-8-15(22)9-7-13)11-26-21(19)23-20(25)18-10-14-4-2-3-5-17(14)27-18;1-7(15)11-10(6-16-12(11)14)8-2-4-9(13)5-3-8;2*10-9(11)8-5-6-3-1-2-4-7(6)12-8;3*2-1-3/h2*6-11H,2-5H2,1H3,(H,23,25);2-6H,14H2,1H3;5H,1-4H2;5H,1-4H2,(H,10,11);3*1H2. The van der Waals surface area contributed by atoms with Crippen molar-refractivity contribution in [3.05, 3.63) is 206 Å². The van der Waals surface area contributed by atoms with Crippen molar-refractivity contribution in [3.63, 3.8) is 0 Å². The van der Waals surface area contributed by atoms with E-state index in [0.29, 0.717) is 56.5 Å². The van der Waals surface area contributed by atoms with Crippen LogP contribution in [0.25, 0.3) is 33.4 Å². The molecule has 0 saturated carbocycles. The summed E-state index contributed by atoms with van der Waals surface area (Å²) in [6, 6.07) is 29.9. The zero-order valence-electron chi connectivity index (χ0n) is 55.9. The van der Waals surface area contributed by atoms with Crippen LogP contribution in [0, 0.1) is 0 Å². The van der Waals surface area contributed by atoms with E-state index in [4.69, 9.17) is 127 Å². The molecule has 7 heterocycles. The third-order valence-corrected chi connectivity index (χ3v) is 24.8. The molecule has 10 aromatic rings. The maximum absolute atomic E-state index is 12.8. The topological polar surface area (TPSA) is 190 Å². The first-order valence-electron chi connectivity index (χ1n) is 32.2. The monoisotopic (exact) mass is 1720 g/mol. The summed E-state index contributed by atoms with van der Waals surface area (Å²) >= 11 is 62.0. The van der Waals surface area contributed by atoms with Crippen LogP contribution in [0.4, 0.5) is 15.0 Å². The lowest BCUT2D eigenvalue weighted by atomic mass is 9.99. The molecule has 546 valence electrons. The molecule has 0 aliphatic heterocycles. The lowest BCUT2D eigenvalue weighted by Gasteiger charge is -2.08. The highest BCUT2D eigenvalue weighted by molar-refractivity contribution is 7.17. The third kappa shape index (κ3) is 24.9. The molecule has 5 N–H and O–H groups in total. The Labute approximate surface area is 677 Å². The molecule has 3 aromatic carbocycles. The number of amides is 2. The fourth-order valence-corrected chi connectivity index (χ4v) is 19.5. The van der Waals surface area contributed by atoms with Gasteiger partial charge in [0.1, 0.15) is 14.9 Å². The number of anilines is 3. The molecule has 28 heteroatoms. The van der Waals surface area contributed by atoms with Crippen molar-refractivity contribution < 1.29 is 38.7 Å². The molecule has 11 nitrogen and oxygen atoms in total. The fraction of sp³-hybridized carbons (Fsp3) is 0.293. The summed E-state index contributed by atoms with van der Waals surface area (Å²) in [7, 11) is 0. The number of hydrogen-bond donors (Lipinski definition) is 4. The van der Waals surface area contributed by atoms with Gasteiger partial charge in [-0.15, -0.1) is 149 Å². The minimum atomic E-state index is -0.783. The summed E-state index contributed by atoms with van der Waals surface area (Å²) < 4.78 is 0. The number of carboxylic acids is 1. The predicted molar refractivity (Wildman–Crippen MR) is 445 cm³/mol. The second-order valence-corrected chi connectivity index (χ2v) is 34.4. The fourth-order valence-electron chi connectivity index (χ4n) is 11.6. The van der Waals surface area contributed by atoms with Crippen LogP contribution in [0.5, 0.6) is 0 Å². The van der Waals surface area contributed by atoms with Crippen molar-refractivity contribution in [2.45, 2.75) is 124 Å². The minimum Gasteiger partial charge on any atom is -0.477 e. The number of aromatic carboxylic acids is 1. The summed E-state index contributed by atoms with van der Waals surface area (Å²) in [5.41, 5.74) is 18.0. The molecule has 14 rings (SSSR count). The van der Waals surface area contributed by atoms with Crippen LogP contribution < -0.4 is 16.4 Å². The number of rotatable bonds is 12. The van der Waals surface area contributed by atoms with Gasteiger partial charge in [0.05, 0.1) is 52.3 Å². The van der Waals surface area contributed by atoms with Crippen molar-refractivity contribution in [3.8, 4) is 33.4 Å². The lowest BCUT2D eigenvalue weighted by molar-refractivity contribution is 0.0700. The number of nitrogens with one attached hydrogen (secondary N) is 2. The number of carbonyl (C=O) groups is 7. The lowest BCUT2D eigenvalue weighted by Crippen LogP contribution is -2.11. The van der Waals surface area contributed by atoms with Gasteiger partial charge in [0.15, 0.2) is 17.3 Å². The van der Waals surface area contributed by atoms with Crippen molar-refractivity contribution in [1.29, 1.82) is 0 Å². The van der Waals surface area contributed by atoms with E-state index in [0.717, 1.165) is 94.5 Å². The van der Waals surface area contributed by atoms with Crippen LogP contribution in [0.3, 0.4) is 0 Å². The Morgan fingerprint density at radius 2 is 0.660 bits per heavy atom. The highest BCUT2D eigenvalue weighted by Gasteiger charge is 2.26. The molecule has 0 saturated heterocycles. The van der Waals surface area contributed by atoms with Crippen LogP contribution in [0.15, 0.2) is 113 Å². The van der Waals surface area contributed by atoms with Crippen LogP contribution in [-0.4, -0.2) is 61.5 Å². The largest absolute Gasteiger partial charge is 0.477 e. The van der Waals surface area contributed by atoms with Gasteiger partial charge in [0, 0.05) is 67.4 Å². The van der Waals surface area contributed by atoms with Crippen molar-refractivity contribution in [2.75, 3.05) is 32.4 Å². The van der Waals surface area contributed by atoms with Gasteiger partial charge in [0.25, 0.3) is 17.1 Å². The Hall–Kier alpha value is -4.65. The van der Waals surface area contributed by atoms with Crippen LogP contribution >= 0.6 is 195 Å². The maximum Gasteiger partial charge on any atom is 0.345 e. The van der Waals surface area contributed by atoms with Crippen LogP contribution in [0.2, 0.25) is 15.1 Å². The van der Waals surface area contributed by atoms with E-state index in [9.17, 15) is 33.6 Å². The smallest absolute Gasteiger partial charge is 0.345 e. The molecule has 4 aliphatic rings. The summed E-state index contributed by atoms with van der Waals surface area (Å²) in [6.45, 7) is 4.58. The molecule has 0 atom stereocenters. The van der Waals surface area contributed by atoms with Crippen molar-refractivity contribution >= 4 is 251 Å². The maximum atomic E-state index is 12.8. The summed E-state index contributed by atoms with van der Waals surface area (Å²) in [6.07, 6.45) is 18.3. The van der Waals surface area contributed by atoms with E-state index in [2.05, 4.69) is 10.6 Å². The molecule has 0 spiro atoms. The molecule has 0 radical (unpaired) electrons. The van der Waals surface area contributed by atoms with E-state index in [-0.39, 0.29) is 50.4 Å². The highest BCUT2D eigenvalue weighted by atomic mass is 35.5. The average Bonchev–Trinajstić information content (AvgIpc) is 1.75. The SMILES string of the molecule is CC(=O)c1c(-c2ccc(Cl)cc2)csc1N.CC(=O)c1c(-c2ccc(Cl)cc2)csc1NC(=O)c1cc2c(s1)CCCC2.CC(=O)c1c(-c2ccc(Cl)cc2)csc1NC(=O)c1cc2c(s1)CCCC2.ClCCl.ClCCl.ClCCl.O=C(Cl)c1cc2c(s1)CCCC2.O=C(O)c1cc2c(s1)CCCC2. The van der Waals surface area contributed by atoms with Crippen LogP contribution in [0.1, 0.15) is 184 Å². The number of nitrogen functional groups attached to an aromatic ring is 1. The average molecular weight is 1720 g/mol. The number of carbonyl (C=O) groups excluding carboxylic acids is 6. The van der Waals surface area contributed by atoms with E-state index in [1.54, 1.807) is 70.4 Å². The highest BCUT2D eigenvalue weighted by Crippen LogP contribution is 2.41. The van der Waals surface area contributed by atoms with Gasteiger partial charge >= 0.3 is 5.97 Å². The number of carboxylic acid groups (broad SMARTS) is 1. The van der Waals surface area contributed by atoms with Gasteiger partial charge in [-0.3, -0.25) is 28.8 Å². The Balaban J connectivity index is 0.000000181. The molecule has 7 aromatic heterocycles. The van der Waals surface area contributed by atoms with E-state index < -0.39 is 5.97 Å². The van der Waals surface area contributed by atoms with Gasteiger partial charge < -0.3 is 21.5 Å². The van der Waals surface area contributed by atoms with E-state index in [1.807, 2.05) is 76.8 Å². The number of alkyl halides is 6.